The quantitative estimate of drug-likeness (QED) is 0.754. The van der Waals surface area contributed by atoms with E-state index in [9.17, 15) is 0 Å². The van der Waals surface area contributed by atoms with Gasteiger partial charge in [-0.3, -0.25) is 0 Å². The van der Waals surface area contributed by atoms with Gasteiger partial charge in [-0.25, -0.2) is 0 Å². The van der Waals surface area contributed by atoms with E-state index >= 15 is 0 Å². The minimum atomic E-state index is 0.713. The van der Waals surface area contributed by atoms with Gasteiger partial charge in [0.1, 0.15) is 0 Å². The Morgan fingerprint density at radius 2 is 2.14 bits per heavy atom. The van der Waals surface area contributed by atoms with E-state index < -0.39 is 0 Å². The van der Waals surface area contributed by atoms with Crippen molar-refractivity contribution in [3.05, 3.63) is 35.4 Å². The van der Waals surface area contributed by atoms with Crippen molar-refractivity contribution in [3.63, 3.8) is 0 Å². The predicted molar refractivity (Wildman–Crippen MR) is 60.5 cm³/mol. The van der Waals surface area contributed by atoms with Gasteiger partial charge in [0.2, 0.25) is 0 Å². The molecule has 1 heteroatoms. The number of hydrogen-bond donors (Lipinski definition) is 1. The minimum Gasteiger partial charge on any atom is -0.314 e. The fourth-order valence-corrected chi connectivity index (χ4v) is 2.20. The van der Waals surface area contributed by atoms with Gasteiger partial charge < -0.3 is 5.32 Å². The molecule has 0 bridgehead atoms. The molecule has 1 aromatic rings. The van der Waals surface area contributed by atoms with Crippen LogP contribution in [0.5, 0.6) is 0 Å². The summed E-state index contributed by atoms with van der Waals surface area (Å²) in [4.78, 5) is 0. The number of rotatable bonds is 2. The highest BCUT2D eigenvalue weighted by Crippen LogP contribution is 2.15. The molecule has 2 rings (SSSR count). The molecule has 1 nitrogen and oxygen atoms in total. The molecule has 14 heavy (non-hydrogen) atoms. The van der Waals surface area contributed by atoms with Crippen LogP contribution in [0.2, 0.25) is 0 Å². The lowest BCUT2D eigenvalue weighted by Crippen LogP contribution is -2.35. The van der Waals surface area contributed by atoms with Gasteiger partial charge >= 0.3 is 0 Å². The van der Waals surface area contributed by atoms with Crippen LogP contribution in [0.4, 0.5) is 0 Å². The first kappa shape index (κ1) is 9.72. The van der Waals surface area contributed by atoms with Gasteiger partial charge in [-0.1, -0.05) is 30.7 Å². The highest BCUT2D eigenvalue weighted by atomic mass is 14.9. The van der Waals surface area contributed by atoms with Gasteiger partial charge in [-0.05, 0) is 43.9 Å². The summed E-state index contributed by atoms with van der Waals surface area (Å²) in [6.45, 7) is 3.41. The Hall–Kier alpha value is -0.820. The summed E-state index contributed by atoms with van der Waals surface area (Å²) in [5, 5.41) is 3.59. The molecule has 76 valence electrons. The molecule has 1 aromatic carbocycles. The van der Waals surface area contributed by atoms with E-state index in [1.807, 2.05) is 0 Å². The lowest BCUT2D eigenvalue weighted by Gasteiger charge is -2.24. The first-order chi connectivity index (χ1) is 6.86. The molecular weight excluding hydrogens is 170 g/mol. The predicted octanol–water partition coefficient (Wildman–Crippen LogP) is 2.68. The van der Waals surface area contributed by atoms with Gasteiger partial charge in [0, 0.05) is 6.04 Å². The Morgan fingerprint density at radius 3 is 2.86 bits per heavy atom. The maximum Gasteiger partial charge on any atom is 0.0108 e. The monoisotopic (exact) mass is 189 g/mol. The molecule has 0 spiro atoms. The third kappa shape index (κ3) is 2.36. The van der Waals surface area contributed by atoms with Crippen molar-refractivity contribution in [2.75, 3.05) is 6.54 Å². The van der Waals surface area contributed by atoms with Crippen molar-refractivity contribution < 1.29 is 0 Å². The molecule has 1 aliphatic heterocycles. The van der Waals surface area contributed by atoms with Crippen molar-refractivity contribution in [2.45, 2.75) is 38.6 Å². The molecule has 0 aromatic heterocycles. The molecule has 0 amide bonds. The van der Waals surface area contributed by atoms with Crippen LogP contribution in [0.3, 0.4) is 0 Å². The summed E-state index contributed by atoms with van der Waals surface area (Å²) in [5.41, 5.74) is 2.94. The van der Waals surface area contributed by atoms with Crippen LogP contribution in [0, 0.1) is 6.92 Å². The maximum absolute atomic E-state index is 3.59. The van der Waals surface area contributed by atoms with E-state index in [-0.39, 0.29) is 0 Å². The lowest BCUT2D eigenvalue weighted by atomic mass is 9.95. The standard InChI is InChI=1S/C13H19N/c1-11-6-2-3-7-12(11)10-13-8-4-5-9-14-13/h2-3,6-7,13-14H,4-5,8-10H2,1H3. The highest BCUT2D eigenvalue weighted by Gasteiger charge is 2.13. The molecule has 1 N–H and O–H groups in total. The van der Waals surface area contributed by atoms with Crippen LogP contribution in [0.15, 0.2) is 24.3 Å². The summed E-state index contributed by atoms with van der Waals surface area (Å²) in [5.74, 6) is 0. The van der Waals surface area contributed by atoms with Crippen LogP contribution in [-0.4, -0.2) is 12.6 Å². The Morgan fingerprint density at radius 1 is 1.29 bits per heavy atom. The zero-order valence-corrected chi connectivity index (χ0v) is 8.92. The van der Waals surface area contributed by atoms with Crippen LogP contribution < -0.4 is 5.32 Å². The minimum absolute atomic E-state index is 0.713. The van der Waals surface area contributed by atoms with Crippen molar-refractivity contribution in [3.8, 4) is 0 Å². The summed E-state index contributed by atoms with van der Waals surface area (Å²) in [6, 6.07) is 9.44. The zero-order chi connectivity index (χ0) is 9.80. The fourth-order valence-electron chi connectivity index (χ4n) is 2.20. The number of piperidine rings is 1. The van der Waals surface area contributed by atoms with Crippen LogP contribution in [0.25, 0.3) is 0 Å². The van der Waals surface area contributed by atoms with Gasteiger partial charge in [0.15, 0.2) is 0 Å². The van der Waals surface area contributed by atoms with Crippen LogP contribution >= 0.6 is 0 Å². The summed E-state index contributed by atoms with van der Waals surface area (Å²) >= 11 is 0. The average molecular weight is 189 g/mol. The Labute approximate surface area is 86.5 Å². The number of hydrogen-bond acceptors (Lipinski definition) is 1. The Kier molecular flexibility index (Phi) is 3.20. The Balaban J connectivity index is 1.99. The second-order valence-electron chi connectivity index (χ2n) is 4.28. The maximum atomic E-state index is 3.59. The Bertz CT molecular complexity index is 287. The summed E-state index contributed by atoms with van der Waals surface area (Å²) in [6.07, 6.45) is 5.29. The molecule has 1 atom stereocenters. The van der Waals surface area contributed by atoms with Gasteiger partial charge in [0.05, 0.1) is 0 Å². The number of aryl methyl sites for hydroxylation is 1. The topological polar surface area (TPSA) is 12.0 Å². The molecule has 0 saturated carbocycles. The molecule has 1 saturated heterocycles. The van der Waals surface area contributed by atoms with Gasteiger partial charge in [-0.2, -0.15) is 0 Å². The first-order valence-corrected chi connectivity index (χ1v) is 5.64. The van der Waals surface area contributed by atoms with Crippen molar-refractivity contribution in [2.24, 2.45) is 0 Å². The highest BCUT2D eigenvalue weighted by molar-refractivity contribution is 5.26. The second-order valence-corrected chi connectivity index (χ2v) is 4.28. The first-order valence-electron chi connectivity index (χ1n) is 5.64. The molecular formula is C13H19N. The molecule has 0 aliphatic carbocycles. The van der Waals surface area contributed by atoms with Gasteiger partial charge in [-0.15, -0.1) is 0 Å². The summed E-state index contributed by atoms with van der Waals surface area (Å²) < 4.78 is 0. The van der Waals surface area contributed by atoms with Crippen LogP contribution in [0.1, 0.15) is 30.4 Å². The van der Waals surface area contributed by atoms with E-state index in [1.165, 1.54) is 43.4 Å². The van der Waals surface area contributed by atoms with E-state index in [4.69, 9.17) is 0 Å². The largest absolute Gasteiger partial charge is 0.314 e. The molecule has 1 fully saturated rings. The van der Waals surface area contributed by atoms with E-state index in [2.05, 4.69) is 36.5 Å². The fraction of sp³-hybridized carbons (Fsp3) is 0.538. The third-order valence-electron chi connectivity index (χ3n) is 3.14. The number of nitrogens with one attached hydrogen (secondary N) is 1. The third-order valence-corrected chi connectivity index (χ3v) is 3.14. The lowest BCUT2D eigenvalue weighted by molar-refractivity contribution is 0.399. The van der Waals surface area contributed by atoms with E-state index in [1.54, 1.807) is 0 Å². The van der Waals surface area contributed by atoms with Gasteiger partial charge in [0.25, 0.3) is 0 Å². The SMILES string of the molecule is Cc1ccccc1CC1CCCCN1. The average Bonchev–Trinajstić information content (AvgIpc) is 2.23. The molecule has 1 heterocycles. The molecule has 1 unspecified atom stereocenters. The van der Waals surface area contributed by atoms with E-state index in [0.717, 1.165) is 0 Å². The van der Waals surface area contributed by atoms with Crippen LogP contribution in [-0.2, 0) is 6.42 Å². The smallest absolute Gasteiger partial charge is 0.0108 e. The zero-order valence-electron chi connectivity index (χ0n) is 8.92. The summed E-state index contributed by atoms with van der Waals surface area (Å²) in [7, 11) is 0. The van der Waals surface area contributed by atoms with Crippen molar-refractivity contribution >= 4 is 0 Å². The second kappa shape index (κ2) is 4.61. The van der Waals surface area contributed by atoms with Crippen molar-refractivity contribution in [1.82, 2.24) is 5.32 Å². The van der Waals surface area contributed by atoms with Crippen molar-refractivity contribution in [1.29, 1.82) is 0 Å². The van der Waals surface area contributed by atoms with E-state index in [0.29, 0.717) is 6.04 Å². The normalized spacial score (nSPS) is 22.2. The molecule has 0 radical (unpaired) electrons. The number of benzene rings is 1. The molecule has 1 aliphatic rings.